The molecule has 1 heterocycles. The smallest absolute Gasteiger partial charge is 0.337 e. The van der Waals surface area contributed by atoms with E-state index in [1.165, 1.54) is 0 Å². The second kappa shape index (κ2) is 5.41. The van der Waals surface area contributed by atoms with E-state index in [0.717, 1.165) is 0 Å². The van der Waals surface area contributed by atoms with Gasteiger partial charge in [-0.2, -0.15) is 13.1 Å². The zero-order valence-corrected chi connectivity index (χ0v) is 11.2. The lowest BCUT2D eigenvalue weighted by atomic mass is 10.1. The fraction of sp³-hybridized carbons (Fsp3) is 0.250. The first-order valence-electron chi connectivity index (χ1n) is 5.76. The van der Waals surface area contributed by atoms with Crippen LogP contribution in [0.5, 0.6) is 0 Å². The number of rotatable bonds is 3. The van der Waals surface area contributed by atoms with Gasteiger partial charge in [0, 0.05) is 6.54 Å². The summed E-state index contributed by atoms with van der Waals surface area (Å²) in [5, 5.41) is 0. The van der Waals surface area contributed by atoms with Gasteiger partial charge in [0.15, 0.2) is 0 Å². The maximum absolute atomic E-state index is 11.8. The minimum atomic E-state index is -3.63. The normalized spacial score (nSPS) is 17.7. The molecule has 0 bridgehead atoms. The van der Waals surface area contributed by atoms with Crippen molar-refractivity contribution in [1.82, 2.24) is 9.44 Å². The summed E-state index contributed by atoms with van der Waals surface area (Å²) >= 11 is 0. The minimum absolute atomic E-state index is 0.0849. The summed E-state index contributed by atoms with van der Waals surface area (Å²) in [6.07, 6.45) is 0. The lowest BCUT2D eigenvalue weighted by molar-refractivity contribution is -0.138. The molecule has 0 amide bonds. The molecule has 0 fully saturated rings. The molecule has 0 atom stereocenters. The Morgan fingerprint density at radius 1 is 1.32 bits per heavy atom. The predicted molar refractivity (Wildman–Crippen MR) is 70.1 cm³/mol. The molecule has 2 N–H and O–H groups in total. The van der Waals surface area contributed by atoms with E-state index < -0.39 is 16.2 Å². The van der Waals surface area contributed by atoms with E-state index in [1.54, 1.807) is 31.2 Å². The molecule has 1 aliphatic rings. The van der Waals surface area contributed by atoms with Crippen LogP contribution in [0.1, 0.15) is 12.5 Å². The Balaban J connectivity index is 2.48. The maximum Gasteiger partial charge on any atom is 0.337 e. The molecular weight excluding hydrogens is 268 g/mol. The molecule has 1 aromatic carbocycles. The van der Waals surface area contributed by atoms with E-state index >= 15 is 0 Å². The molecule has 0 radical (unpaired) electrons. The summed E-state index contributed by atoms with van der Waals surface area (Å²) in [6.45, 7) is 1.84. The second-order valence-corrected chi connectivity index (χ2v) is 5.37. The quantitative estimate of drug-likeness (QED) is 0.786. The summed E-state index contributed by atoms with van der Waals surface area (Å²) < 4.78 is 32.6. The van der Waals surface area contributed by atoms with E-state index in [9.17, 15) is 13.2 Å². The molecule has 0 saturated carbocycles. The molecule has 0 unspecified atom stereocenters. The van der Waals surface area contributed by atoms with Crippen molar-refractivity contribution in [2.45, 2.75) is 6.92 Å². The van der Waals surface area contributed by atoms with Gasteiger partial charge < -0.3 is 4.74 Å². The minimum Gasteiger partial charge on any atom is -0.463 e. The summed E-state index contributed by atoms with van der Waals surface area (Å²) in [5.74, 6) is -0.531. The number of benzene rings is 1. The number of nitrogens with one attached hydrogen (secondary N) is 2. The molecule has 0 aliphatic carbocycles. The number of hydrogen-bond acceptors (Lipinski definition) is 4. The summed E-state index contributed by atoms with van der Waals surface area (Å²) in [5.41, 5.74) is 1.15. The van der Waals surface area contributed by atoms with Crippen LogP contribution in [0.15, 0.2) is 35.9 Å². The average molecular weight is 282 g/mol. The number of ether oxygens (including phenoxy) is 1. The highest BCUT2D eigenvalue weighted by atomic mass is 32.2. The van der Waals surface area contributed by atoms with Crippen LogP contribution in [0.25, 0.3) is 5.70 Å². The van der Waals surface area contributed by atoms with Crippen LogP contribution in [0.2, 0.25) is 0 Å². The lowest BCUT2D eigenvalue weighted by Crippen LogP contribution is -2.43. The van der Waals surface area contributed by atoms with Gasteiger partial charge in [0.05, 0.1) is 17.9 Å². The van der Waals surface area contributed by atoms with Crippen LogP contribution in [0, 0.1) is 0 Å². The molecule has 0 spiro atoms. The third-order valence-electron chi connectivity index (χ3n) is 2.56. The Hall–Kier alpha value is -1.86. The van der Waals surface area contributed by atoms with Crippen molar-refractivity contribution in [2.24, 2.45) is 0 Å². The third-order valence-corrected chi connectivity index (χ3v) is 3.56. The van der Waals surface area contributed by atoms with E-state index in [1.807, 2.05) is 6.07 Å². The Labute approximate surface area is 111 Å². The average Bonchev–Trinajstić information content (AvgIpc) is 2.39. The van der Waals surface area contributed by atoms with Gasteiger partial charge >= 0.3 is 5.97 Å². The van der Waals surface area contributed by atoms with Crippen LogP contribution >= 0.6 is 0 Å². The highest BCUT2D eigenvalue weighted by Gasteiger charge is 2.27. The van der Waals surface area contributed by atoms with Gasteiger partial charge in [-0.05, 0) is 12.5 Å². The van der Waals surface area contributed by atoms with Crippen molar-refractivity contribution in [1.29, 1.82) is 0 Å². The molecule has 6 nitrogen and oxygen atoms in total. The number of carbonyl (C=O) groups excluding carboxylic acids is 1. The molecule has 102 valence electrons. The zero-order chi connectivity index (χ0) is 13.9. The van der Waals surface area contributed by atoms with E-state index in [-0.39, 0.29) is 24.4 Å². The largest absolute Gasteiger partial charge is 0.463 e. The van der Waals surface area contributed by atoms with Crippen LogP contribution in [-0.4, -0.2) is 27.5 Å². The van der Waals surface area contributed by atoms with Gasteiger partial charge in [-0.25, -0.2) is 4.79 Å². The third kappa shape index (κ3) is 3.12. The molecule has 7 heteroatoms. The van der Waals surface area contributed by atoms with Gasteiger partial charge in [0.2, 0.25) is 0 Å². The zero-order valence-electron chi connectivity index (χ0n) is 10.3. The first kappa shape index (κ1) is 13.6. The number of hydrogen-bond donors (Lipinski definition) is 2. The summed E-state index contributed by atoms with van der Waals surface area (Å²) in [4.78, 5) is 11.8. The highest BCUT2D eigenvalue weighted by molar-refractivity contribution is 7.87. The lowest BCUT2D eigenvalue weighted by Gasteiger charge is -2.22. The Bertz CT molecular complexity index is 608. The Morgan fingerprint density at radius 3 is 2.63 bits per heavy atom. The van der Waals surface area contributed by atoms with Crippen molar-refractivity contribution in [3.63, 3.8) is 0 Å². The summed E-state index contributed by atoms with van der Waals surface area (Å²) in [6, 6.07) is 8.79. The highest BCUT2D eigenvalue weighted by Crippen LogP contribution is 2.20. The molecule has 0 aromatic heterocycles. The van der Waals surface area contributed by atoms with Gasteiger partial charge in [-0.3, -0.25) is 4.72 Å². The van der Waals surface area contributed by atoms with Crippen molar-refractivity contribution in [2.75, 3.05) is 13.2 Å². The van der Waals surface area contributed by atoms with Crippen LogP contribution in [-0.2, 0) is 19.7 Å². The van der Waals surface area contributed by atoms with Crippen LogP contribution in [0.3, 0.4) is 0 Å². The van der Waals surface area contributed by atoms with Crippen molar-refractivity contribution in [3.05, 3.63) is 41.5 Å². The summed E-state index contributed by atoms with van der Waals surface area (Å²) in [7, 11) is -3.63. The topological polar surface area (TPSA) is 84.5 Å². The Kier molecular flexibility index (Phi) is 3.87. The van der Waals surface area contributed by atoms with Crippen molar-refractivity contribution >= 4 is 21.9 Å². The molecule has 2 rings (SSSR count). The molecule has 19 heavy (non-hydrogen) atoms. The number of esters is 1. The molecular formula is C12H14N2O4S. The van der Waals surface area contributed by atoms with Gasteiger partial charge in [0.25, 0.3) is 10.2 Å². The van der Waals surface area contributed by atoms with Crippen LogP contribution in [0.4, 0.5) is 0 Å². The SMILES string of the molecule is CCOC(=O)C1=C(c2ccccc2)NS(=O)(=O)NC1. The fourth-order valence-corrected chi connectivity index (χ4v) is 2.63. The van der Waals surface area contributed by atoms with Gasteiger partial charge in [-0.15, -0.1) is 0 Å². The van der Waals surface area contributed by atoms with Gasteiger partial charge in [-0.1, -0.05) is 30.3 Å². The van der Waals surface area contributed by atoms with E-state index in [4.69, 9.17) is 4.74 Å². The van der Waals surface area contributed by atoms with E-state index in [2.05, 4.69) is 9.44 Å². The van der Waals surface area contributed by atoms with Crippen molar-refractivity contribution < 1.29 is 17.9 Å². The van der Waals surface area contributed by atoms with Crippen molar-refractivity contribution in [3.8, 4) is 0 Å². The Morgan fingerprint density at radius 2 is 2.00 bits per heavy atom. The molecule has 0 saturated heterocycles. The maximum atomic E-state index is 11.8. The first-order chi connectivity index (χ1) is 9.03. The fourth-order valence-electron chi connectivity index (χ4n) is 1.72. The van der Waals surface area contributed by atoms with E-state index in [0.29, 0.717) is 5.56 Å². The monoisotopic (exact) mass is 282 g/mol. The molecule has 1 aromatic rings. The second-order valence-electron chi connectivity index (χ2n) is 3.87. The van der Waals surface area contributed by atoms with Crippen LogP contribution < -0.4 is 9.44 Å². The predicted octanol–water partition coefficient (Wildman–Crippen LogP) is 0.398. The van der Waals surface area contributed by atoms with Gasteiger partial charge in [0.1, 0.15) is 0 Å². The standard InChI is InChI=1S/C12H14N2O4S/c1-2-18-12(15)10-8-13-19(16,17)14-11(10)9-6-4-3-5-7-9/h3-7,13-14H,2,8H2,1H3. The first-order valence-corrected chi connectivity index (χ1v) is 7.25. The molecule has 1 aliphatic heterocycles. The number of carbonyl (C=O) groups is 1.